The molecule has 0 radical (unpaired) electrons. The number of pyridine rings is 1. The molecule has 3 aromatic rings. The maximum atomic E-state index is 14.1. The van der Waals surface area contributed by atoms with Crippen molar-refractivity contribution in [3.63, 3.8) is 0 Å². The summed E-state index contributed by atoms with van der Waals surface area (Å²) in [5, 5.41) is 21.9. The average molecular weight is 513 g/mol. The third-order valence-corrected chi connectivity index (χ3v) is 5.88. The van der Waals surface area contributed by atoms with Crippen molar-refractivity contribution >= 4 is 40.8 Å². The van der Waals surface area contributed by atoms with Crippen LogP contribution in [0, 0.1) is 0 Å². The van der Waals surface area contributed by atoms with Crippen LogP contribution in [-0.4, -0.2) is 33.2 Å². The zero-order valence-electron chi connectivity index (χ0n) is 17.4. The van der Waals surface area contributed by atoms with Gasteiger partial charge in [-0.05, 0) is 59.7 Å². The van der Waals surface area contributed by atoms with Crippen molar-refractivity contribution in [1.29, 1.82) is 0 Å². The van der Waals surface area contributed by atoms with Crippen molar-refractivity contribution in [2.24, 2.45) is 0 Å². The maximum absolute atomic E-state index is 14.1. The van der Waals surface area contributed by atoms with Gasteiger partial charge < -0.3 is 15.5 Å². The normalized spacial score (nSPS) is 14.2. The number of amides is 1. The number of anilines is 1. The first-order valence-electron chi connectivity index (χ1n) is 9.70. The quantitative estimate of drug-likeness (QED) is 0.357. The van der Waals surface area contributed by atoms with Gasteiger partial charge in [0.1, 0.15) is 5.15 Å². The first-order valence-corrected chi connectivity index (χ1v) is 10.5. The van der Waals surface area contributed by atoms with Crippen LogP contribution in [0.1, 0.15) is 44.7 Å². The summed E-state index contributed by atoms with van der Waals surface area (Å²) in [4.78, 5) is 27.1. The molecule has 0 aliphatic heterocycles. The molecule has 34 heavy (non-hydrogen) atoms. The zero-order chi connectivity index (χ0) is 25.3. The van der Waals surface area contributed by atoms with Gasteiger partial charge in [-0.1, -0.05) is 36.2 Å². The van der Waals surface area contributed by atoms with Crippen molar-refractivity contribution in [2.45, 2.75) is 24.6 Å². The minimum absolute atomic E-state index is 0.0343. The van der Waals surface area contributed by atoms with E-state index in [9.17, 15) is 27.9 Å². The maximum Gasteiger partial charge on any atom is 0.422 e. The lowest BCUT2D eigenvalue weighted by molar-refractivity contribution is -0.274. The highest BCUT2D eigenvalue weighted by atomic mass is 35.5. The van der Waals surface area contributed by atoms with Crippen LogP contribution in [0.4, 0.5) is 18.9 Å². The molecule has 6 nitrogen and oxygen atoms in total. The highest BCUT2D eigenvalue weighted by Gasteiger charge is 2.59. The molecule has 2 unspecified atom stereocenters. The number of carboxylic acids is 1. The second kappa shape index (κ2) is 9.61. The smallest absolute Gasteiger partial charge is 0.422 e. The number of hydrogen-bond donors (Lipinski definition) is 3. The standard InChI is InChI=1S/C23H17Cl2F3N2O4/c1-12(22(34,23(26,27)28)15-8-9-29-19(25)11-15)17-7-4-14(10-18(17)24)20(31)30-16-5-2-13(3-6-16)21(32)33/h2-12,34H,1H3,(H,30,31)(H,32,33). The van der Waals surface area contributed by atoms with Gasteiger partial charge in [0.15, 0.2) is 5.60 Å². The Labute approximate surface area is 202 Å². The molecular weight excluding hydrogens is 496 g/mol. The van der Waals surface area contributed by atoms with Gasteiger partial charge in [0.25, 0.3) is 5.91 Å². The molecule has 0 aliphatic carbocycles. The number of benzene rings is 2. The van der Waals surface area contributed by atoms with E-state index in [0.717, 1.165) is 25.3 Å². The van der Waals surface area contributed by atoms with Gasteiger partial charge in [0.05, 0.1) is 5.56 Å². The van der Waals surface area contributed by atoms with Gasteiger partial charge in [-0.2, -0.15) is 13.2 Å². The minimum Gasteiger partial charge on any atom is -0.478 e. The van der Waals surface area contributed by atoms with E-state index < -0.39 is 35.1 Å². The minimum atomic E-state index is -5.08. The molecule has 2 atom stereocenters. The van der Waals surface area contributed by atoms with E-state index in [2.05, 4.69) is 10.3 Å². The van der Waals surface area contributed by atoms with Gasteiger partial charge in [0, 0.05) is 28.4 Å². The number of aliphatic hydroxyl groups is 1. The fraction of sp³-hybridized carbons (Fsp3) is 0.174. The van der Waals surface area contributed by atoms with Crippen molar-refractivity contribution in [1.82, 2.24) is 4.98 Å². The Morgan fingerprint density at radius 2 is 1.62 bits per heavy atom. The van der Waals surface area contributed by atoms with E-state index in [1.165, 1.54) is 42.5 Å². The molecule has 11 heteroatoms. The lowest BCUT2D eigenvalue weighted by Gasteiger charge is -2.37. The summed E-state index contributed by atoms with van der Waals surface area (Å²) in [5.74, 6) is -3.31. The molecule has 0 fully saturated rings. The summed E-state index contributed by atoms with van der Waals surface area (Å²) < 4.78 is 42.2. The molecule has 0 spiro atoms. The number of carboxylic acid groups (broad SMARTS) is 1. The summed E-state index contributed by atoms with van der Waals surface area (Å²) in [6, 6.07) is 11.0. The molecule has 0 bridgehead atoms. The van der Waals surface area contributed by atoms with Crippen LogP contribution in [0.5, 0.6) is 0 Å². The number of nitrogens with zero attached hydrogens (tertiary/aromatic N) is 1. The van der Waals surface area contributed by atoms with E-state index in [1.807, 2.05) is 0 Å². The highest BCUT2D eigenvalue weighted by Crippen LogP contribution is 2.50. The Kier molecular flexibility index (Phi) is 7.21. The van der Waals surface area contributed by atoms with Crippen LogP contribution in [-0.2, 0) is 5.60 Å². The molecule has 1 aromatic heterocycles. The second-order valence-corrected chi connectivity index (χ2v) is 8.22. The average Bonchev–Trinajstić information content (AvgIpc) is 2.77. The summed E-state index contributed by atoms with van der Waals surface area (Å²) in [6.07, 6.45) is -4.03. The number of nitrogens with one attached hydrogen (secondary N) is 1. The fourth-order valence-corrected chi connectivity index (χ4v) is 3.96. The Hall–Kier alpha value is -3.14. The molecule has 3 rings (SSSR count). The van der Waals surface area contributed by atoms with Gasteiger partial charge >= 0.3 is 12.1 Å². The van der Waals surface area contributed by atoms with E-state index in [0.29, 0.717) is 5.69 Å². The Bertz CT molecular complexity index is 1240. The fourth-order valence-electron chi connectivity index (χ4n) is 3.44. The van der Waals surface area contributed by atoms with E-state index >= 15 is 0 Å². The molecule has 0 saturated carbocycles. The summed E-state index contributed by atoms with van der Waals surface area (Å²) in [6.45, 7) is 1.16. The van der Waals surface area contributed by atoms with Crippen LogP contribution < -0.4 is 5.32 Å². The van der Waals surface area contributed by atoms with E-state index in [1.54, 1.807) is 0 Å². The third kappa shape index (κ3) is 5.01. The molecule has 0 saturated heterocycles. The number of rotatable bonds is 6. The second-order valence-electron chi connectivity index (χ2n) is 7.43. The first kappa shape index (κ1) is 25.5. The summed E-state index contributed by atoms with van der Waals surface area (Å²) in [5.41, 5.74) is -3.49. The Balaban J connectivity index is 1.90. The van der Waals surface area contributed by atoms with E-state index in [-0.39, 0.29) is 26.9 Å². The Morgan fingerprint density at radius 3 is 2.15 bits per heavy atom. The molecule has 1 heterocycles. The van der Waals surface area contributed by atoms with Gasteiger partial charge in [-0.25, -0.2) is 9.78 Å². The van der Waals surface area contributed by atoms with Crippen LogP contribution in [0.3, 0.4) is 0 Å². The predicted octanol–water partition coefficient (Wildman–Crippen LogP) is 5.89. The molecular formula is C23H17Cl2F3N2O4. The first-order chi connectivity index (χ1) is 15.8. The number of halogens is 5. The van der Waals surface area contributed by atoms with Crippen molar-refractivity contribution < 1.29 is 33.0 Å². The number of carbonyl (C=O) groups is 2. The van der Waals surface area contributed by atoms with Crippen molar-refractivity contribution in [2.75, 3.05) is 5.32 Å². The van der Waals surface area contributed by atoms with Gasteiger partial charge in [0.2, 0.25) is 0 Å². The van der Waals surface area contributed by atoms with Crippen molar-refractivity contribution in [3.8, 4) is 0 Å². The summed E-state index contributed by atoms with van der Waals surface area (Å²) in [7, 11) is 0. The number of hydrogen-bond acceptors (Lipinski definition) is 4. The number of aromatic nitrogens is 1. The zero-order valence-corrected chi connectivity index (χ0v) is 18.9. The number of aromatic carboxylic acids is 1. The lowest BCUT2D eigenvalue weighted by Crippen LogP contribution is -2.46. The monoisotopic (exact) mass is 512 g/mol. The van der Waals surface area contributed by atoms with Crippen LogP contribution in [0.2, 0.25) is 10.2 Å². The predicted molar refractivity (Wildman–Crippen MR) is 120 cm³/mol. The Morgan fingerprint density at radius 1 is 1.00 bits per heavy atom. The molecule has 178 valence electrons. The largest absolute Gasteiger partial charge is 0.478 e. The number of carbonyl (C=O) groups excluding carboxylic acids is 1. The lowest BCUT2D eigenvalue weighted by atomic mass is 9.78. The van der Waals surface area contributed by atoms with Crippen LogP contribution in [0.25, 0.3) is 0 Å². The SMILES string of the molecule is CC(c1ccc(C(=O)Nc2ccc(C(=O)O)cc2)cc1Cl)C(O)(c1ccnc(Cl)c1)C(F)(F)F. The van der Waals surface area contributed by atoms with Gasteiger partial charge in [-0.15, -0.1) is 0 Å². The highest BCUT2D eigenvalue weighted by molar-refractivity contribution is 6.32. The van der Waals surface area contributed by atoms with Crippen LogP contribution >= 0.6 is 23.2 Å². The third-order valence-electron chi connectivity index (χ3n) is 5.34. The van der Waals surface area contributed by atoms with E-state index in [4.69, 9.17) is 28.3 Å². The molecule has 3 N–H and O–H groups in total. The van der Waals surface area contributed by atoms with Crippen LogP contribution in [0.15, 0.2) is 60.8 Å². The van der Waals surface area contributed by atoms with Gasteiger partial charge in [-0.3, -0.25) is 4.79 Å². The molecule has 0 aliphatic rings. The number of alkyl halides is 3. The van der Waals surface area contributed by atoms with Crippen molar-refractivity contribution in [3.05, 3.63) is 93.2 Å². The summed E-state index contributed by atoms with van der Waals surface area (Å²) >= 11 is 12.0. The topological polar surface area (TPSA) is 99.5 Å². The molecule has 1 amide bonds. The molecule has 2 aromatic carbocycles.